The van der Waals surface area contributed by atoms with Crippen molar-refractivity contribution in [3.05, 3.63) is 24.3 Å². The number of hydrogen-bond donors (Lipinski definition) is 0. The van der Waals surface area contributed by atoms with Crippen molar-refractivity contribution in [1.29, 1.82) is 0 Å². The van der Waals surface area contributed by atoms with E-state index < -0.39 is 23.4 Å². The van der Waals surface area contributed by atoms with Crippen LogP contribution in [0.4, 0.5) is 4.39 Å². The van der Waals surface area contributed by atoms with Crippen molar-refractivity contribution in [2.75, 3.05) is 19.9 Å². The second kappa shape index (κ2) is 5.81. The molecule has 0 amide bonds. The van der Waals surface area contributed by atoms with Gasteiger partial charge in [-0.05, 0) is 31.2 Å². The smallest absolute Gasteiger partial charge is 0.297 e. The van der Waals surface area contributed by atoms with Crippen LogP contribution in [0, 0.1) is 0 Å². The normalized spacial score (nSPS) is 11.4. The number of halogens is 1. The van der Waals surface area contributed by atoms with Crippen LogP contribution >= 0.6 is 0 Å². The largest absolute Gasteiger partial charge is 0.494 e. The topological polar surface area (TPSA) is 52.6 Å². The molecule has 1 aromatic rings. The molecular weight excluding hydrogens is 235 g/mol. The molecule has 0 fully saturated rings. The summed E-state index contributed by atoms with van der Waals surface area (Å²) >= 11 is 0. The van der Waals surface area contributed by atoms with E-state index in [0.717, 1.165) is 0 Å². The van der Waals surface area contributed by atoms with Crippen LogP contribution in [-0.2, 0) is 14.3 Å². The minimum atomic E-state index is -3.85. The lowest BCUT2D eigenvalue weighted by molar-refractivity contribution is 0.276. The van der Waals surface area contributed by atoms with Crippen molar-refractivity contribution in [2.45, 2.75) is 11.8 Å². The van der Waals surface area contributed by atoms with Crippen LogP contribution in [0.25, 0.3) is 0 Å². The Labute approximate surface area is 94.1 Å². The zero-order valence-electron chi connectivity index (χ0n) is 8.85. The van der Waals surface area contributed by atoms with Gasteiger partial charge in [-0.2, -0.15) is 8.42 Å². The summed E-state index contributed by atoms with van der Waals surface area (Å²) in [6.45, 7) is 1.03. The zero-order chi connectivity index (χ0) is 12.0. The quantitative estimate of drug-likeness (QED) is 0.720. The van der Waals surface area contributed by atoms with Gasteiger partial charge < -0.3 is 4.74 Å². The predicted molar refractivity (Wildman–Crippen MR) is 56.7 cm³/mol. The molecule has 0 aliphatic rings. The van der Waals surface area contributed by atoms with E-state index in [1.54, 1.807) is 0 Å². The maximum absolute atomic E-state index is 11.8. The van der Waals surface area contributed by atoms with Crippen LogP contribution in [-0.4, -0.2) is 28.3 Å². The fourth-order valence-electron chi connectivity index (χ4n) is 1.08. The van der Waals surface area contributed by atoms with Gasteiger partial charge in [0.05, 0.1) is 18.1 Å². The molecular formula is C10H13FO4S. The monoisotopic (exact) mass is 248 g/mol. The summed E-state index contributed by atoms with van der Waals surface area (Å²) in [5, 5.41) is 0. The third-order valence-corrected chi connectivity index (χ3v) is 3.07. The highest BCUT2D eigenvalue weighted by Crippen LogP contribution is 2.17. The molecule has 4 nitrogen and oxygen atoms in total. The summed E-state index contributed by atoms with van der Waals surface area (Å²) in [6, 6.07) is 5.77. The third kappa shape index (κ3) is 3.46. The van der Waals surface area contributed by atoms with Crippen molar-refractivity contribution in [3.8, 4) is 5.75 Å². The first-order chi connectivity index (χ1) is 7.60. The lowest BCUT2D eigenvalue weighted by Gasteiger charge is -2.05. The van der Waals surface area contributed by atoms with Gasteiger partial charge in [0.2, 0.25) is 0 Å². The van der Waals surface area contributed by atoms with E-state index in [2.05, 4.69) is 4.18 Å². The summed E-state index contributed by atoms with van der Waals surface area (Å²) in [5.41, 5.74) is 0. The molecule has 1 aromatic carbocycles. The summed E-state index contributed by atoms with van der Waals surface area (Å²) in [5.74, 6) is 0.576. The number of rotatable bonds is 6. The van der Waals surface area contributed by atoms with Gasteiger partial charge in [-0.3, -0.25) is 4.18 Å². The average Bonchev–Trinajstić information content (AvgIpc) is 2.28. The SMILES string of the molecule is CCOc1ccc(S(=O)(=O)OCCF)cc1. The molecule has 0 aliphatic carbocycles. The molecule has 90 valence electrons. The van der Waals surface area contributed by atoms with E-state index in [0.29, 0.717) is 12.4 Å². The molecule has 0 atom stereocenters. The van der Waals surface area contributed by atoms with Gasteiger partial charge in [0, 0.05) is 0 Å². The van der Waals surface area contributed by atoms with Gasteiger partial charge in [-0.15, -0.1) is 0 Å². The molecule has 0 saturated carbocycles. The fourth-order valence-corrected chi connectivity index (χ4v) is 1.97. The first-order valence-electron chi connectivity index (χ1n) is 4.78. The molecule has 0 bridgehead atoms. The van der Waals surface area contributed by atoms with E-state index in [9.17, 15) is 12.8 Å². The van der Waals surface area contributed by atoms with E-state index in [-0.39, 0.29) is 4.90 Å². The summed E-state index contributed by atoms with van der Waals surface area (Å²) in [7, 11) is -3.85. The molecule has 1 rings (SSSR count). The number of alkyl halides is 1. The summed E-state index contributed by atoms with van der Waals surface area (Å²) in [4.78, 5) is -0.00981. The minimum Gasteiger partial charge on any atom is -0.494 e. The van der Waals surface area contributed by atoms with E-state index in [1.807, 2.05) is 6.92 Å². The molecule has 0 N–H and O–H groups in total. The molecule has 6 heteroatoms. The highest BCUT2D eigenvalue weighted by atomic mass is 32.2. The van der Waals surface area contributed by atoms with Crippen LogP contribution in [0.15, 0.2) is 29.2 Å². The van der Waals surface area contributed by atoms with Crippen molar-refractivity contribution >= 4 is 10.1 Å². The Morgan fingerprint density at radius 1 is 1.25 bits per heavy atom. The van der Waals surface area contributed by atoms with Gasteiger partial charge >= 0.3 is 0 Å². The van der Waals surface area contributed by atoms with Gasteiger partial charge in [0.25, 0.3) is 10.1 Å². The number of benzene rings is 1. The average molecular weight is 248 g/mol. The zero-order valence-corrected chi connectivity index (χ0v) is 9.67. The van der Waals surface area contributed by atoms with Crippen LogP contribution < -0.4 is 4.74 Å². The second-order valence-electron chi connectivity index (χ2n) is 2.87. The Hall–Kier alpha value is -1.14. The maximum atomic E-state index is 11.8. The van der Waals surface area contributed by atoms with Crippen molar-refractivity contribution in [1.82, 2.24) is 0 Å². The minimum absolute atomic E-state index is 0.00981. The van der Waals surface area contributed by atoms with E-state index >= 15 is 0 Å². The Balaban J connectivity index is 2.80. The van der Waals surface area contributed by atoms with Gasteiger partial charge in [-0.25, -0.2) is 4.39 Å². The molecule has 0 aromatic heterocycles. The number of ether oxygens (including phenoxy) is 1. The summed E-state index contributed by atoms with van der Waals surface area (Å²) < 4.78 is 44.2. The van der Waals surface area contributed by atoms with E-state index in [1.165, 1.54) is 24.3 Å². The lowest BCUT2D eigenvalue weighted by atomic mass is 10.3. The first kappa shape index (κ1) is 12.9. The summed E-state index contributed by atoms with van der Waals surface area (Å²) in [6.07, 6.45) is 0. The maximum Gasteiger partial charge on any atom is 0.297 e. The molecule has 0 saturated heterocycles. The highest BCUT2D eigenvalue weighted by Gasteiger charge is 2.14. The Morgan fingerprint density at radius 3 is 2.38 bits per heavy atom. The molecule has 0 unspecified atom stereocenters. The Kier molecular flexibility index (Phi) is 4.70. The standard InChI is InChI=1S/C10H13FO4S/c1-2-14-9-3-5-10(6-4-9)16(12,13)15-8-7-11/h3-6H,2,7-8H2,1H3. The molecule has 0 radical (unpaired) electrons. The van der Waals surface area contributed by atoms with Crippen molar-refractivity contribution in [3.63, 3.8) is 0 Å². The van der Waals surface area contributed by atoms with Gasteiger partial charge in [0.1, 0.15) is 12.4 Å². The van der Waals surface area contributed by atoms with Crippen LogP contribution in [0.5, 0.6) is 5.75 Å². The van der Waals surface area contributed by atoms with Gasteiger partial charge in [-0.1, -0.05) is 0 Å². The lowest BCUT2D eigenvalue weighted by Crippen LogP contribution is -2.08. The highest BCUT2D eigenvalue weighted by molar-refractivity contribution is 7.86. The van der Waals surface area contributed by atoms with Gasteiger partial charge in [0.15, 0.2) is 0 Å². The van der Waals surface area contributed by atoms with Crippen LogP contribution in [0.3, 0.4) is 0 Å². The molecule has 16 heavy (non-hydrogen) atoms. The molecule has 0 heterocycles. The predicted octanol–water partition coefficient (Wildman–Crippen LogP) is 1.76. The van der Waals surface area contributed by atoms with E-state index in [4.69, 9.17) is 4.74 Å². The van der Waals surface area contributed by atoms with Crippen molar-refractivity contribution < 1.29 is 21.7 Å². The van der Waals surface area contributed by atoms with Crippen molar-refractivity contribution in [2.24, 2.45) is 0 Å². The molecule has 0 aliphatic heterocycles. The first-order valence-corrected chi connectivity index (χ1v) is 6.19. The second-order valence-corrected chi connectivity index (χ2v) is 4.48. The third-order valence-electron chi connectivity index (χ3n) is 1.74. The Morgan fingerprint density at radius 2 is 1.88 bits per heavy atom. The van der Waals surface area contributed by atoms with Crippen LogP contribution in [0.2, 0.25) is 0 Å². The fraction of sp³-hybridized carbons (Fsp3) is 0.400. The number of hydrogen-bond acceptors (Lipinski definition) is 4. The molecule has 0 spiro atoms. The van der Waals surface area contributed by atoms with Crippen LogP contribution in [0.1, 0.15) is 6.92 Å². The Bertz CT molecular complexity index is 413.